The number of fused-ring (bicyclic) bond motifs is 4. The summed E-state index contributed by atoms with van der Waals surface area (Å²) < 4.78 is 2.36. The number of benzene rings is 5. The molecule has 1 heterocycles. The molecular weight excluding hydrogens is 615 g/mol. The number of hydrogen-bond acceptors (Lipinski definition) is 0. The third-order valence-electron chi connectivity index (χ3n) is 9.26. The zero-order valence-electron chi connectivity index (χ0n) is 29.0. The maximum absolute atomic E-state index is 4.20. The third-order valence-corrected chi connectivity index (χ3v) is 9.26. The minimum atomic E-state index is 0.844. The fourth-order valence-corrected chi connectivity index (χ4v) is 6.78. The Morgan fingerprint density at radius 1 is 0.686 bits per heavy atom. The van der Waals surface area contributed by atoms with Gasteiger partial charge >= 0.3 is 0 Å². The van der Waals surface area contributed by atoms with Crippen LogP contribution in [0.4, 0.5) is 0 Å². The number of hydrogen-bond donors (Lipinski definition) is 0. The van der Waals surface area contributed by atoms with Crippen LogP contribution in [0.5, 0.6) is 0 Å². The van der Waals surface area contributed by atoms with E-state index in [1.165, 1.54) is 38.1 Å². The smallest absolute Gasteiger partial charge is 0.0547 e. The lowest BCUT2D eigenvalue weighted by Crippen LogP contribution is -1.93. The molecule has 0 atom stereocenters. The van der Waals surface area contributed by atoms with Crippen LogP contribution in [0.1, 0.15) is 24.5 Å². The van der Waals surface area contributed by atoms with Crippen molar-refractivity contribution in [3.63, 3.8) is 0 Å². The Hall–Kier alpha value is -6.44. The zero-order chi connectivity index (χ0) is 34.8. The van der Waals surface area contributed by atoms with Crippen molar-refractivity contribution < 1.29 is 0 Å². The van der Waals surface area contributed by atoms with Crippen LogP contribution in [0, 0.1) is 0 Å². The van der Waals surface area contributed by atoms with Crippen LogP contribution in [0.3, 0.4) is 0 Å². The second-order valence-corrected chi connectivity index (χ2v) is 12.5. The van der Waals surface area contributed by atoms with E-state index in [4.69, 9.17) is 0 Å². The molecule has 6 aromatic rings. The molecule has 0 N–H and O–H groups in total. The van der Waals surface area contributed by atoms with E-state index in [1.807, 2.05) is 6.08 Å². The van der Waals surface area contributed by atoms with E-state index in [0.29, 0.717) is 0 Å². The fraction of sp³-hybridized carbons (Fsp3) is 0.0400. The highest BCUT2D eigenvalue weighted by Crippen LogP contribution is 2.33. The molecule has 0 aliphatic heterocycles. The van der Waals surface area contributed by atoms with E-state index in [1.54, 1.807) is 0 Å². The summed E-state index contributed by atoms with van der Waals surface area (Å²) in [6, 6.07) is 40.9. The first-order valence-corrected chi connectivity index (χ1v) is 17.6. The lowest BCUT2D eigenvalue weighted by Gasteiger charge is -2.10. The molecule has 0 spiro atoms. The molecule has 1 heteroatoms. The number of rotatable bonds is 8. The highest BCUT2D eigenvalue weighted by atomic mass is 15.0. The summed E-state index contributed by atoms with van der Waals surface area (Å²) in [6.07, 6.45) is 33.2. The third kappa shape index (κ3) is 7.44. The maximum Gasteiger partial charge on any atom is 0.0547 e. The molecule has 1 nitrogen and oxygen atoms in total. The lowest BCUT2D eigenvalue weighted by atomic mass is 9.94. The largest absolute Gasteiger partial charge is 0.309 e. The van der Waals surface area contributed by atoms with Crippen LogP contribution >= 0.6 is 0 Å². The van der Waals surface area contributed by atoms with E-state index >= 15 is 0 Å². The molecule has 0 saturated heterocycles. The van der Waals surface area contributed by atoms with Gasteiger partial charge in [0.2, 0.25) is 0 Å². The molecule has 1 aromatic heterocycles. The molecule has 0 radical (unpaired) electrons. The molecule has 51 heavy (non-hydrogen) atoms. The van der Waals surface area contributed by atoms with Crippen molar-refractivity contribution in [2.45, 2.75) is 13.3 Å². The molecule has 0 amide bonds. The maximum atomic E-state index is 4.20. The Kier molecular flexibility index (Phi) is 10.3. The van der Waals surface area contributed by atoms with Crippen LogP contribution in [-0.2, 0) is 0 Å². The Labute approximate surface area is 301 Å². The summed E-state index contributed by atoms with van der Waals surface area (Å²) in [5, 5.41) is 5.01. The number of nitrogens with zero attached hydrogens (tertiary/aromatic N) is 1. The Bertz CT molecular complexity index is 2490. The number of para-hydroxylation sites is 2. The summed E-state index contributed by atoms with van der Waals surface area (Å²) in [6.45, 7) is 6.30. The van der Waals surface area contributed by atoms with E-state index < -0.39 is 0 Å². The van der Waals surface area contributed by atoms with Gasteiger partial charge in [0.05, 0.1) is 11.0 Å². The van der Waals surface area contributed by atoms with Gasteiger partial charge in [-0.1, -0.05) is 189 Å². The van der Waals surface area contributed by atoms with Crippen molar-refractivity contribution in [2.24, 2.45) is 0 Å². The lowest BCUT2D eigenvalue weighted by molar-refractivity contribution is 1.18. The predicted octanol–water partition coefficient (Wildman–Crippen LogP) is 13.6. The number of aromatic nitrogens is 1. The van der Waals surface area contributed by atoms with Crippen molar-refractivity contribution in [2.75, 3.05) is 0 Å². The van der Waals surface area contributed by atoms with Gasteiger partial charge in [0, 0.05) is 16.5 Å². The molecule has 0 bridgehead atoms. The number of allylic oxidation sites excluding steroid dienone is 17. The second kappa shape index (κ2) is 15.8. The first kappa shape index (κ1) is 33.1. The van der Waals surface area contributed by atoms with Gasteiger partial charge < -0.3 is 4.57 Å². The molecule has 0 fully saturated rings. The average molecular weight is 656 g/mol. The van der Waals surface area contributed by atoms with E-state index in [-0.39, 0.29) is 0 Å². The highest BCUT2D eigenvalue weighted by Gasteiger charge is 2.12. The molecule has 0 unspecified atom stereocenters. The van der Waals surface area contributed by atoms with Crippen molar-refractivity contribution in [1.82, 2.24) is 4.57 Å². The first-order valence-electron chi connectivity index (χ1n) is 17.6. The predicted molar refractivity (Wildman–Crippen MR) is 223 cm³/mol. The fourth-order valence-electron chi connectivity index (χ4n) is 6.78. The molecule has 1 aliphatic carbocycles. The Morgan fingerprint density at radius 3 is 2.33 bits per heavy atom. The molecule has 246 valence electrons. The first-order chi connectivity index (χ1) is 25.2. The molecular formula is C50H41N. The SMILES string of the molecule is C=C/C(=C\C=C\c1ccc2c3ccccc3n(-c3ccccc3)c2c1)C(=CC)C1=CC\C=C/C=C/C(=C\C=C\c2cccc3ccccc23)C=C1. The van der Waals surface area contributed by atoms with Crippen LogP contribution in [-0.4, -0.2) is 4.57 Å². The van der Waals surface area contributed by atoms with Crippen LogP contribution in [0.2, 0.25) is 0 Å². The van der Waals surface area contributed by atoms with Crippen molar-refractivity contribution in [3.05, 3.63) is 234 Å². The monoisotopic (exact) mass is 655 g/mol. The van der Waals surface area contributed by atoms with Crippen LogP contribution in [0.15, 0.2) is 223 Å². The highest BCUT2D eigenvalue weighted by molar-refractivity contribution is 6.09. The standard InChI is InChI=1S/C50H41N/c1-3-40(24-17-21-39-34-36-48-47-31-14-15-32-49(47)51(50(48)37-39)44-28-10-7-11-29-44)45(4-2)43-22-9-6-5-8-19-38(33-35-43)20-16-25-42-27-18-26-41-23-12-13-30-46(41)42/h3-8,10-37H,1,9H2,2H3/b6-5-,19-8+,21-17+,25-16+,35-33?,38-20+,40-24+,43-22?,45-4?. The van der Waals surface area contributed by atoms with Crippen molar-refractivity contribution in [3.8, 4) is 5.69 Å². The molecule has 5 aromatic carbocycles. The topological polar surface area (TPSA) is 4.93 Å². The van der Waals surface area contributed by atoms with Gasteiger partial charge in [0.25, 0.3) is 0 Å². The zero-order valence-corrected chi connectivity index (χ0v) is 29.0. The van der Waals surface area contributed by atoms with Gasteiger partial charge in [0.1, 0.15) is 0 Å². The van der Waals surface area contributed by atoms with Gasteiger partial charge in [0.15, 0.2) is 0 Å². The van der Waals surface area contributed by atoms with Crippen molar-refractivity contribution in [1.29, 1.82) is 0 Å². The second-order valence-electron chi connectivity index (χ2n) is 12.5. The Morgan fingerprint density at radius 2 is 1.47 bits per heavy atom. The summed E-state index contributed by atoms with van der Waals surface area (Å²) in [4.78, 5) is 0. The summed E-state index contributed by atoms with van der Waals surface area (Å²) >= 11 is 0. The van der Waals surface area contributed by atoms with Gasteiger partial charge in [-0.25, -0.2) is 0 Å². The van der Waals surface area contributed by atoms with Gasteiger partial charge in [-0.3, -0.25) is 0 Å². The van der Waals surface area contributed by atoms with E-state index in [2.05, 4.69) is 218 Å². The average Bonchev–Trinajstić information content (AvgIpc) is 3.51. The Balaban J connectivity index is 1.16. The minimum Gasteiger partial charge on any atom is -0.309 e. The van der Waals surface area contributed by atoms with Crippen LogP contribution < -0.4 is 0 Å². The van der Waals surface area contributed by atoms with Gasteiger partial charge in [-0.05, 0) is 81.8 Å². The van der Waals surface area contributed by atoms with E-state index in [0.717, 1.165) is 40.0 Å². The molecule has 1 aliphatic rings. The summed E-state index contributed by atoms with van der Waals surface area (Å²) in [5.41, 5.74) is 10.4. The summed E-state index contributed by atoms with van der Waals surface area (Å²) in [5.74, 6) is 0. The molecule has 0 saturated carbocycles. The molecule has 7 rings (SSSR count). The minimum absolute atomic E-state index is 0.844. The quantitative estimate of drug-likeness (QED) is 0.144. The van der Waals surface area contributed by atoms with Crippen molar-refractivity contribution >= 4 is 44.7 Å². The van der Waals surface area contributed by atoms with Gasteiger partial charge in [-0.15, -0.1) is 0 Å². The van der Waals surface area contributed by atoms with Crippen LogP contribution in [0.25, 0.3) is 50.4 Å². The normalized spacial score (nSPS) is 16.4. The van der Waals surface area contributed by atoms with E-state index in [9.17, 15) is 0 Å². The summed E-state index contributed by atoms with van der Waals surface area (Å²) in [7, 11) is 0. The van der Waals surface area contributed by atoms with Gasteiger partial charge in [-0.2, -0.15) is 0 Å².